The van der Waals surface area contributed by atoms with Gasteiger partial charge in [-0.05, 0) is 36.6 Å². The van der Waals surface area contributed by atoms with Crippen LogP contribution in [-0.4, -0.2) is 29.9 Å². The average Bonchev–Trinajstić information content (AvgIpc) is 3.08. The van der Waals surface area contributed by atoms with Gasteiger partial charge in [-0.25, -0.2) is 4.98 Å². The number of benzene rings is 1. The Morgan fingerprint density at radius 2 is 1.88 bits per heavy atom. The van der Waals surface area contributed by atoms with Crippen LogP contribution < -0.4 is 19.7 Å². The molecule has 1 aliphatic rings. The highest BCUT2D eigenvalue weighted by Gasteiger charge is 2.13. The fourth-order valence-corrected chi connectivity index (χ4v) is 2.72. The molecule has 6 nitrogen and oxygen atoms in total. The van der Waals surface area contributed by atoms with E-state index in [9.17, 15) is 0 Å². The van der Waals surface area contributed by atoms with Gasteiger partial charge in [0.05, 0.1) is 0 Å². The maximum Gasteiger partial charge on any atom is 0.231 e. The van der Waals surface area contributed by atoms with Crippen LogP contribution in [0.3, 0.4) is 0 Å². The van der Waals surface area contributed by atoms with Gasteiger partial charge in [0, 0.05) is 25.8 Å². The third-order valence-corrected chi connectivity index (χ3v) is 3.84. The maximum absolute atomic E-state index is 5.41. The van der Waals surface area contributed by atoms with Crippen molar-refractivity contribution in [3.05, 3.63) is 36.0 Å². The molecule has 0 atom stereocenters. The lowest BCUT2D eigenvalue weighted by molar-refractivity contribution is 0.174. The Labute approximate surface area is 142 Å². The number of anilines is 2. The Balaban J connectivity index is 1.66. The monoisotopic (exact) mass is 328 g/mol. The molecule has 0 saturated heterocycles. The minimum atomic E-state index is 0.294. The third-order valence-electron chi connectivity index (χ3n) is 3.84. The summed E-state index contributed by atoms with van der Waals surface area (Å²) in [4.78, 5) is 11.3. The van der Waals surface area contributed by atoms with Gasteiger partial charge in [0.15, 0.2) is 11.5 Å². The number of nitrogens with zero attached hydrogens (tertiary/aromatic N) is 3. The largest absolute Gasteiger partial charge is 0.454 e. The fourth-order valence-electron chi connectivity index (χ4n) is 2.72. The van der Waals surface area contributed by atoms with E-state index in [4.69, 9.17) is 9.47 Å². The number of aromatic nitrogens is 2. The minimum Gasteiger partial charge on any atom is -0.454 e. The van der Waals surface area contributed by atoms with Gasteiger partial charge >= 0.3 is 0 Å². The summed E-state index contributed by atoms with van der Waals surface area (Å²) in [6, 6.07) is 7.91. The molecule has 128 valence electrons. The lowest BCUT2D eigenvalue weighted by atomic mass is 10.2. The van der Waals surface area contributed by atoms with Crippen LogP contribution in [0, 0.1) is 0 Å². The van der Waals surface area contributed by atoms with E-state index in [0.29, 0.717) is 19.3 Å². The summed E-state index contributed by atoms with van der Waals surface area (Å²) >= 11 is 0. The summed E-state index contributed by atoms with van der Waals surface area (Å²) in [5, 5.41) is 3.29. The van der Waals surface area contributed by atoms with E-state index in [1.54, 1.807) is 0 Å². The van der Waals surface area contributed by atoms with Crippen LogP contribution in [0.5, 0.6) is 11.5 Å². The van der Waals surface area contributed by atoms with E-state index >= 15 is 0 Å². The molecule has 0 fully saturated rings. The predicted octanol–water partition coefficient (Wildman–Crippen LogP) is 3.44. The number of ether oxygens (including phenoxy) is 2. The molecule has 6 heteroatoms. The molecule has 1 aromatic heterocycles. The summed E-state index contributed by atoms with van der Waals surface area (Å²) in [6.45, 7) is 7.31. The summed E-state index contributed by atoms with van der Waals surface area (Å²) in [5.74, 6) is 3.21. The number of fused-ring (bicyclic) bond motifs is 1. The first-order chi connectivity index (χ1) is 11.8. The van der Waals surface area contributed by atoms with Crippen LogP contribution in [0.15, 0.2) is 30.5 Å². The Kier molecular flexibility index (Phi) is 5.36. The molecule has 0 spiro atoms. The van der Waals surface area contributed by atoms with Gasteiger partial charge in [0.25, 0.3) is 0 Å². The van der Waals surface area contributed by atoms with Crippen LogP contribution in [0.4, 0.5) is 11.8 Å². The molecular weight excluding hydrogens is 304 g/mol. The first-order valence-electron chi connectivity index (χ1n) is 8.50. The molecule has 0 saturated carbocycles. The molecule has 2 aromatic rings. The number of rotatable bonds is 8. The standard InChI is InChI=1S/C18H24N4O2/c1-3-9-22(10-4-2)17-7-8-19-18(21-17)20-12-14-5-6-15-16(11-14)24-13-23-15/h5-8,11H,3-4,9-10,12-13H2,1-2H3,(H,19,20,21). The molecule has 0 bridgehead atoms. The van der Waals surface area contributed by atoms with Crippen molar-refractivity contribution in [3.63, 3.8) is 0 Å². The van der Waals surface area contributed by atoms with Crippen LogP contribution in [0.25, 0.3) is 0 Å². The zero-order valence-electron chi connectivity index (χ0n) is 14.3. The zero-order valence-corrected chi connectivity index (χ0v) is 14.3. The summed E-state index contributed by atoms with van der Waals surface area (Å²) in [5.41, 5.74) is 1.10. The van der Waals surface area contributed by atoms with Crippen molar-refractivity contribution >= 4 is 11.8 Å². The van der Waals surface area contributed by atoms with Crippen LogP contribution in [-0.2, 0) is 6.54 Å². The topological polar surface area (TPSA) is 59.5 Å². The molecule has 0 aliphatic carbocycles. The van der Waals surface area contributed by atoms with Gasteiger partial charge < -0.3 is 19.7 Å². The minimum absolute atomic E-state index is 0.294. The second-order valence-corrected chi connectivity index (χ2v) is 5.77. The van der Waals surface area contributed by atoms with Crippen molar-refractivity contribution in [2.24, 2.45) is 0 Å². The van der Waals surface area contributed by atoms with Gasteiger partial charge in [-0.2, -0.15) is 4.98 Å². The van der Waals surface area contributed by atoms with Crippen molar-refractivity contribution in [2.45, 2.75) is 33.2 Å². The van der Waals surface area contributed by atoms with E-state index in [0.717, 1.165) is 48.8 Å². The molecule has 2 heterocycles. The molecule has 1 N–H and O–H groups in total. The molecule has 24 heavy (non-hydrogen) atoms. The summed E-state index contributed by atoms with van der Waals surface area (Å²) in [6.07, 6.45) is 4.01. The van der Waals surface area contributed by atoms with Crippen molar-refractivity contribution < 1.29 is 9.47 Å². The number of hydrogen-bond acceptors (Lipinski definition) is 6. The highest BCUT2D eigenvalue weighted by Crippen LogP contribution is 2.32. The van der Waals surface area contributed by atoms with E-state index in [1.807, 2.05) is 30.5 Å². The second-order valence-electron chi connectivity index (χ2n) is 5.77. The average molecular weight is 328 g/mol. The van der Waals surface area contributed by atoms with Gasteiger partial charge in [-0.15, -0.1) is 0 Å². The number of hydrogen-bond donors (Lipinski definition) is 1. The summed E-state index contributed by atoms with van der Waals surface area (Å²) in [7, 11) is 0. The first kappa shape index (κ1) is 16.4. The van der Waals surface area contributed by atoms with Crippen LogP contribution in [0.1, 0.15) is 32.3 Å². The SMILES string of the molecule is CCCN(CCC)c1ccnc(NCc2ccc3c(c2)OCO3)n1. The lowest BCUT2D eigenvalue weighted by Gasteiger charge is -2.22. The zero-order chi connectivity index (χ0) is 16.8. The first-order valence-corrected chi connectivity index (χ1v) is 8.50. The Morgan fingerprint density at radius 3 is 2.67 bits per heavy atom. The molecular formula is C18H24N4O2. The van der Waals surface area contributed by atoms with Crippen LogP contribution in [0.2, 0.25) is 0 Å². The van der Waals surface area contributed by atoms with Crippen molar-refractivity contribution in [1.29, 1.82) is 0 Å². The Bertz CT molecular complexity index is 672. The van der Waals surface area contributed by atoms with Crippen molar-refractivity contribution in [1.82, 2.24) is 9.97 Å². The molecule has 1 aromatic carbocycles. The predicted molar refractivity (Wildman–Crippen MR) is 94.7 cm³/mol. The molecule has 0 radical (unpaired) electrons. The van der Waals surface area contributed by atoms with Gasteiger partial charge in [-0.3, -0.25) is 0 Å². The summed E-state index contributed by atoms with van der Waals surface area (Å²) < 4.78 is 10.7. The molecule has 1 aliphatic heterocycles. The lowest BCUT2D eigenvalue weighted by Crippen LogP contribution is -2.26. The smallest absolute Gasteiger partial charge is 0.231 e. The fraction of sp³-hybridized carbons (Fsp3) is 0.444. The quantitative estimate of drug-likeness (QED) is 0.801. The van der Waals surface area contributed by atoms with Gasteiger partial charge in [0.2, 0.25) is 12.7 Å². The van der Waals surface area contributed by atoms with Crippen molar-refractivity contribution in [3.8, 4) is 11.5 Å². The number of nitrogens with one attached hydrogen (secondary N) is 1. The second kappa shape index (κ2) is 7.86. The third kappa shape index (κ3) is 3.88. The molecule has 0 unspecified atom stereocenters. The van der Waals surface area contributed by atoms with Crippen molar-refractivity contribution in [2.75, 3.05) is 30.1 Å². The van der Waals surface area contributed by atoms with Gasteiger partial charge in [-0.1, -0.05) is 19.9 Å². The Hall–Kier alpha value is -2.50. The van der Waals surface area contributed by atoms with Gasteiger partial charge in [0.1, 0.15) is 5.82 Å². The molecule has 3 rings (SSSR count). The normalized spacial score (nSPS) is 12.2. The highest BCUT2D eigenvalue weighted by atomic mass is 16.7. The molecule has 0 amide bonds. The van der Waals surface area contributed by atoms with E-state index in [2.05, 4.69) is 34.0 Å². The Morgan fingerprint density at radius 1 is 1.08 bits per heavy atom. The van der Waals surface area contributed by atoms with E-state index in [1.165, 1.54) is 0 Å². The maximum atomic E-state index is 5.41. The van der Waals surface area contributed by atoms with E-state index in [-0.39, 0.29) is 0 Å². The highest BCUT2D eigenvalue weighted by molar-refractivity contribution is 5.46. The van der Waals surface area contributed by atoms with Crippen LogP contribution >= 0.6 is 0 Å². The van der Waals surface area contributed by atoms with E-state index < -0.39 is 0 Å².